The standard InChI is InChI=1S/C8H11N3O2/c1-8(11(12)13)4-2-6(9)7(10)3-5-8/h2-5H,9-10H2,1H3. The van der Waals surface area contributed by atoms with E-state index < -0.39 is 10.5 Å². The van der Waals surface area contributed by atoms with Crippen LogP contribution >= 0.6 is 0 Å². The van der Waals surface area contributed by atoms with Gasteiger partial charge in [-0.25, -0.2) is 0 Å². The maximum absolute atomic E-state index is 10.6. The molecule has 1 aliphatic rings. The number of allylic oxidation sites excluding steroid dienone is 2. The molecule has 0 atom stereocenters. The summed E-state index contributed by atoms with van der Waals surface area (Å²) in [5.41, 5.74) is 10.5. The molecule has 5 heteroatoms. The Bertz CT molecular complexity index is 306. The Hall–Kier alpha value is -1.78. The van der Waals surface area contributed by atoms with Gasteiger partial charge in [0.2, 0.25) is 0 Å². The van der Waals surface area contributed by atoms with Crippen molar-refractivity contribution in [2.75, 3.05) is 0 Å². The summed E-state index contributed by atoms with van der Waals surface area (Å²) in [5, 5.41) is 10.6. The fraction of sp³-hybridized carbons (Fsp3) is 0.250. The zero-order valence-electron chi connectivity index (χ0n) is 7.23. The number of nitrogens with zero attached hydrogens (tertiary/aromatic N) is 1. The highest BCUT2D eigenvalue weighted by molar-refractivity contribution is 5.35. The summed E-state index contributed by atoms with van der Waals surface area (Å²) < 4.78 is 0. The lowest BCUT2D eigenvalue weighted by atomic mass is 10.0. The molecule has 0 spiro atoms. The molecule has 5 nitrogen and oxygen atoms in total. The van der Waals surface area contributed by atoms with Crippen LogP contribution in [0.25, 0.3) is 0 Å². The van der Waals surface area contributed by atoms with Gasteiger partial charge in [0.15, 0.2) is 0 Å². The first kappa shape index (κ1) is 9.31. The maximum atomic E-state index is 10.6. The minimum atomic E-state index is -1.22. The van der Waals surface area contributed by atoms with Crippen molar-refractivity contribution in [3.63, 3.8) is 0 Å². The summed E-state index contributed by atoms with van der Waals surface area (Å²) in [6.45, 7) is 1.48. The summed E-state index contributed by atoms with van der Waals surface area (Å²) in [6, 6.07) is 0. The molecule has 0 saturated heterocycles. The molecular weight excluding hydrogens is 170 g/mol. The van der Waals surface area contributed by atoms with E-state index in [1.807, 2.05) is 0 Å². The highest BCUT2D eigenvalue weighted by Gasteiger charge is 2.31. The summed E-state index contributed by atoms with van der Waals surface area (Å²) in [4.78, 5) is 10.2. The van der Waals surface area contributed by atoms with Crippen LogP contribution in [0, 0.1) is 10.1 Å². The number of nitrogens with two attached hydrogens (primary N) is 2. The summed E-state index contributed by atoms with van der Waals surface area (Å²) >= 11 is 0. The van der Waals surface area contributed by atoms with Gasteiger partial charge >= 0.3 is 0 Å². The monoisotopic (exact) mass is 181 g/mol. The zero-order chi connectivity index (χ0) is 10.1. The molecule has 0 unspecified atom stereocenters. The predicted molar refractivity (Wildman–Crippen MR) is 49.1 cm³/mol. The van der Waals surface area contributed by atoms with Gasteiger partial charge in [0.05, 0.1) is 11.4 Å². The Kier molecular flexibility index (Phi) is 2.10. The Balaban J connectivity index is 3.10. The number of hydrogen-bond donors (Lipinski definition) is 2. The third-order valence-corrected chi connectivity index (χ3v) is 1.93. The predicted octanol–water partition coefficient (Wildman–Crippen LogP) is 0.277. The molecule has 0 radical (unpaired) electrons. The van der Waals surface area contributed by atoms with Gasteiger partial charge in [0.25, 0.3) is 5.54 Å². The quantitative estimate of drug-likeness (QED) is 0.448. The molecule has 0 fully saturated rings. The van der Waals surface area contributed by atoms with Gasteiger partial charge in [0, 0.05) is 11.8 Å². The van der Waals surface area contributed by atoms with E-state index in [4.69, 9.17) is 11.5 Å². The van der Waals surface area contributed by atoms with Gasteiger partial charge < -0.3 is 11.5 Å². The molecule has 1 aliphatic carbocycles. The second-order valence-electron chi connectivity index (χ2n) is 3.06. The third kappa shape index (κ3) is 1.69. The first-order valence-corrected chi connectivity index (χ1v) is 3.74. The normalized spacial score (nSPS) is 20.1. The first-order chi connectivity index (χ1) is 5.96. The van der Waals surface area contributed by atoms with Crippen molar-refractivity contribution in [1.29, 1.82) is 0 Å². The van der Waals surface area contributed by atoms with E-state index in [-0.39, 0.29) is 0 Å². The van der Waals surface area contributed by atoms with Crippen LogP contribution in [0.1, 0.15) is 6.92 Å². The van der Waals surface area contributed by atoms with Crippen LogP contribution in [0.5, 0.6) is 0 Å². The molecule has 0 heterocycles. The summed E-state index contributed by atoms with van der Waals surface area (Å²) in [5.74, 6) is 0. The number of nitro groups is 1. The molecule has 4 N–H and O–H groups in total. The molecule has 0 amide bonds. The molecule has 13 heavy (non-hydrogen) atoms. The van der Waals surface area contributed by atoms with E-state index in [0.717, 1.165) is 0 Å². The molecule has 1 rings (SSSR count). The average Bonchev–Trinajstić information content (AvgIpc) is 2.20. The van der Waals surface area contributed by atoms with E-state index in [9.17, 15) is 10.1 Å². The van der Waals surface area contributed by atoms with Crippen LogP contribution < -0.4 is 11.5 Å². The SMILES string of the molecule is CC1([N+](=O)[O-])C=CC(N)=C(N)C=C1. The molecule has 0 aromatic rings. The van der Waals surface area contributed by atoms with E-state index in [1.54, 1.807) is 0 Å². The molecule has 0 aromatic heterocycles. The van der Waals surface area contributed by atoms with Crippen molar-refractivity contribution in [3.05, 3.63) is 45.8 Å². The zero-order valence-corrected chi connectivity index (χ0v) is 7.23. The van der Waals surface area contributed by atoms with Crippen LogP contribution in [-0.4, -0.2) is 10.5 Å². The van der Waals surface area contributed by atoms with Crippen molar-refractivity contribution in [1.82, 2.24) is 0 Å². The fourth-order valence-corrected chi connectivity index (χ4v) is 0.887. The second kappa shape index (κ2) is 2.93. The lowest BCUT2D eigenvalue weighted by Gasteiger charge is -2.10. The Morgan fingerprint density at radius 3 is 2.00 bits per heavy atom. The molecule has 0 aliphatic heterocycles. The third-order valence-electron chi connectivity index (χ3n) is 1.93. The molecular formula is C8H11N3O2. The fourth-order valence-electron chi connectivity index (χ4n) is 0.887. The van der Waals surface area contributed by atoms with Gasteiger partial charge in [-0.1, -0.05) is 0 Å². The van der Waals surface area contributed by atoms with Crippen LogP contribution in [0.15, 0.2) is 35.7 Å². The summed E-state index contributed by atoms with van der Waals surface area (Å²) in [7, 11) is 0. The average molecular weight is 181 g/mol. The number of hydrogen-bond acceptors (Lipinski definition) is 4. The minimum Gasteiger partial charge on any atom is -0.397 e. The second-order valence-corrected chi connectivity index (χ2v) is 3.06. The van der Waals surface area contributed by atoms with Crippen LogP contribution in [0.4, 0.5) is 0 Å². The van der Waals surface area contributed by atoms with Crippen molar-refractivity contribution in [2.45, 2.75) is 12.5 Å². The van der Waals surface area contributed by atoms with E-state index >= 15 is 0 Å². The lowest BCUT2D eigenvalue weighted by molar-refractivity contribution is -0.535. The smallest absolute Gasteiger partial charge is 0.256 e. The van der Waals surface area contributed by atoms with Crippen molar-refractivity contribution in [3.8, 4) is 0 Å². The lowest BCUT2D eigenvalue weighted by Crippen LogP contribution is -2.29. The highest BCUT2D eigenvalue weighted by Crippen LogP contribution is 2.17. The first-order valence-electron chi connectivity index (χ1n) is 3.74. The van der Waals surface area contributed by atoms with Crippen molar-refractivity contribution < 1.29 is 4.92 Å². The molecule has 0 saturated carbocycles. The van der Waals surface area contributed by atoms with E-state index in [0.29, 0.717) is 11.4 Å². The molecule has 70 valence electrons. The van der Waals surface area contributed by atoms with Crippen LogP contribution in [0.2, 0.25) is 0 Å². The van der Waals surface area contributed by atoms with Gasteiger partial charge in [-0.05, 0) is 24.3 Å². The van der Waals surface area contributed by atoms with Gasteiger partial charge in [0.1, 0.15) is 0 Å². The largest absolute Gasteiger partial charge is 0.397 e. The van der Waals surface area contributed by atoms with Crippen molar-refractivity contribution in [2.24, 2.45) is 11.5 Å². The van der Waals surface area contributed by atoms with E-state index in [1.165, 1.54) is 31.2 Å². The Morgan fingerprint density at radius 2 is 1.69 bits per heavy atom. The van der Waals surface area contributed by atoms with Crippen LogP contribution in [0.3, 0.4) is 0 Å². The number of rotatable bonds is 1. The maximum Gasteiger partial charge on any atom is 0.256 e. The Labute approximate surface area is 75.6 Å². The van der Waals surface area contributed by atoms with Crippen LogP contribution in [-0.2, 0) is 0 Å². The van der Waals surface area contributed by atoms with Gasteiger partial charge in [-0.3, -0.25) is 10.1 Å². The molecule has 0 bridgehead atoms. The molecule has 0 aromatic carbocycles. The topological polar surface area (TPSA) is 95.2 Å². The van der Waals surface area contributed by atoms with E-state index in [2.05, 4.69) is 0 Å². The summed E-state index contributed by atoms with van der Waals surface area (Å²) in [6.07, 6.45) is 5.74. The highest BCUT2D eigenvalue weighted by atomic mass is 16.6. The van der Waals surface area contributed by atoms with Gasteiger partial charge in [-0.15, -0.1) is 0 Å². The van der Waals surface area contributed by atoms with Crippen molar-refractivity contribution >= 4 is 0 Å². The van der Waals surface area contributed by atoms with Gasteiger partial charge in [-0.2, -0.15) is 0 Å². The Morgan fingerprint density at radius 1 is 1.31 bits per heavy atom. The minimum absolute atomic E-state index is 0.349.